The minimum Gasteiger partial charge on any atom is -0.497 e. The predicted molar refractivity (Wildman–Crippen MR) is 96.2 cm³/mol. The van der Waals surface area contributed by atoms with Crippen LogP contribution in [0.1, 0.15) is 18.4 Å². The molecule has 3 rings (SSSR count). The molecule has 2 aromatic rings. The summed E-state index contributed by atoms with van der Waals surface area (Å²) < 4.78 is 11.7. The van der Waals surface area contributed by atoms with Crippen LogP contribution in [0.4, 0.5) is 0 Å². The Labute approximate surface area is 150 Å². The molecule has 0 aromatic heterocycles. The Morgan fingerprint density at radius 3 is 2.50 bits per heavy atom. The van der Waals surface area contributed by atoms with E-state index in [1.165, 1.54) is 0 Å². The number of hydrogen-bond donors (Lipinski definition) is 0. The molecule has 0 aliphatic heterocycles. The van der Waals surface area contributed by atoms with Gasteiger partial charge >= 0.3 is 0 Å². The van der Waals surface area contributed by atoms with Crippen molar-refractivity contribution in [2.45, 2.75) is 25.4 Å². The molecule has 5 heteroatoms. The second kappa shape index (κ2) is 7.71. The van der Waals surface area contributed by atoms with Crippen molar-refractivity contribution < 1.29 is 14.3 Å². The molecule has 0 spiro atoms. The lowest BCUT2D eigenvalue weighted by atomic mass is 10.2. The van der Waals surface area contributed by atoms with Gasteiger partial charge in [-0.25, -0.2) is 0 Å². The number of carbonyl (C=O) groups excluding carboxylic acids is 1. The Morgan fingerprint density at radius 1 is 1.17 bits per heavy atom. The third kappa shape index (κ3) is 4.29. The maximum Gasteiger partial charge on any atom is 0.261 e. The number of methoxy groups -OCH3 is 1. The van der Waals surface area contributed by atoms with Gasteiger partial charge < -0.3 is 14.4 Å². The fourth-order valence-corrected chi connectivity index (χ4v) is 2.92. The lowest BCUT2D eigenvalue weighted by Crippen LogP contribution is -2.36. The van der Waals surface area contributed by atoms with Crippen molar-refractivity contribution in [1.82, 2.24) is 4.90 Å². The van der Waals surface area contributed by atoms with E-state index in [0.29, 0.717) is 18.3 Å². The van der Waals surface area contributed by atoms with Gasteiger partial charge in [0.25, 0.3) is 5.91 Å². The van der Waals surface area contributed by atoms with Gasteiger partial charge in [-0.05, 0) is 58.6 Å². The number of nitrogens with zero attached hydrogens (tertiary/aromatic N) is 1. The Morgan fingerprint density at radius 2 is 1.88 bits per heavy atom. The first-order chi connectivity index (χ1) is 11.7. The van der Waals surface area contributed by atoms with Crippen LogP contribution in [0.3, 0.4) is 0 Å². The zero-order valence-electron chi connectivity index (χ0n) is 13.6. The highest BCUT2D eigenvalue weighted by Crippen LogP contribution is 2.29. The molecule has 2 aromatic carbocycles. The van der Waals surface area contributed by atoms with Gasteiger partial charge in [0, 0.05) is 12.6 Å². The molecule has 1 fully saturated rings. The van der Waals surface area contributed by atoms with Gasteiger partial charge in [-0.1, -0.05) is 24.3 Å². The third-order valence-corrected chi connectivity index (χ3v) is 4.66. The van der Waals surface area contributed by atoms with Crippen molar-refractivity contribution >= 4 is 21.8 Å². The van der Waals surface area contributed by atoms with Crippen molar-refractivity contribution in [1.29, 1.82) is 0 Å². The van der Waals surface area contributed by atoms with E-state index in [0.717, 1.165) is 28.6 Å². The quantitative estimate of drug-likeness (QED) is 0.717. The molecular formula is C19H20BrNO3. The molecule has 0 radical (unpaired) electrons. The van der Waals surface area contributed by atoms with Gasteiger partial charge in [0.1, 0.15) is 11.5 Å². The fourth-order valence-electron chi connectivity index (χ4n) is 2.52. The second-order valence-corrected chi connectivity index (χ2v) is 6.67. The highest BCUT2D eigenvalue weighted by Gasteiger charge is 2.32. The van der Waals surface area contributed by atoms with Gasteiger partial charge in [-0.15, -0.1) is 0 Å². The molecular weight excluding hydrogens is 370 g/mol. The van der Waals surface area contributed by atoms with Crippen molar-refractivity contribution in [3.05, 3.63) is 58.6 Å². The smallest absolute Gasteiger partial charge is 0.261 e. The van der Waals surface area contributed by atoms with E-state index >= 15 is 0 Å². The summed E-state index contributed by atoms with van der Waals surface area (Å²) in [5.41, 5.74) is 1.09. The molecule has 24 heavy (non-hydrogen) atoms. The molecule has 0 heterocycles. The first-order valence-corrected chi connectivity index (χ1v) is 8.76. The SMILES string of the molecule is COc1ccc(CN(C(=O)COc2ccccc2Br)C2CC2)cc1. The number of hydrogen-bond acceptors (Lipinski definition) is 3. The Hall–Kier alpha value is -2.01. The van der Waals surface area contributed by atoms with Gasteiger partial charge in [0.15, 0.2) is 6.61 Å². The Bertz CT molecular complexity index is 698. The molecule has 1 aliphatic rings. The van der Waals surface area contributed by atoms with Gasteiger partial charge in [-0.2, -0.15) is 0 Å². The third-order valence-electron chi connectivity index (χ3n) is 4.01. The van der Waals surface area contributed by atoms with Crippen LogP contribution < -0.4 is 9.47 Å². The number of rotatable bonds is 7. The largest absolute Gasteiger partial charge is 0.497 e. The first kappa shape index (κ1) is 16.8. The molecule has 1 saturated carbocycles. The number of ether oxygens (including phenoxy) is 2. The molecule has 4 nitrogen and oxygen atoms in total. The predicted octanol–water partition coefficient (Wildman–Crippen LogP) is 4.03. The van der Waals surface area contributed by atoms with E-state index < -0.39 is 0 Å². The molecule has 0 N–H and O–H groups in total. The van der Waals surface area contributed by atoms with Gasteiger partial charge in [0.05, 0.1) is 11.6 Å². The fraction of sp³-hybridized carbons (Fsp3) is 0.316. The lowest BCUT2D eigenvalue weighted by molar-refractivity contribution is -0.134. The van der Waals surface area contributed by atoms with Crippen LogP contribution in [-0.4, -0.2) is 30.6 Å². The minimum atomic E-state index is 0.0177. The summed E-state index contributed by atoms with van der Waals surface area (Å²) in [6, 6.07) is 15.7. The molecule has 1 aliphatic carbocycles. The summed E-state index contributed by atoms with van der Waals surface area (Å²) in [7, 11) is 1.65. The average molecular weight is 390 g/mol. The van der Waals surface area contributed by atoms with E-state index in [1.807, 2.05) is 53.4 Å². The van der Waals surface area contributed by atoms with E-state index in [-0.39, 0.29) is 12.5 Å². The van der Waals surface area contributed by atoms with E-state index in [4.69, 9.17) is 9.47 Å². The van der Waals surface area contributed by atoms with Crippen molar-refractivity contribution in [2.24, 2.45) is 0 Å². The maximum absolute atomic E-state index is 12.6. The highest BCUT2D eigenvalue weighted by molar-refractivity contribution is 9.10. The van der Waals surface area contributed by atoms with Crippen LogP contribution in [0, 0.1) is 0 Å². The summed E-state index contributed by atoms with van der Waals surface area (Å²) in [5, 5.41) is 0. The summed E-state index contributed by atoms with van der Waals surface area (Å²) in [6.07, 6.45) is 2.13. The highest BCUT2D eigenvalue weighted by atomic mass is 79.9. The number of carbonyl (C=O) groups is 1. The molecule has 126 valence electrons. The number of para-hydroxylation sites is 1. The molecule has 0 saturated heterocycles. The summed E-state index contributed by atoms with van der Waals surface area (Å²) in [6.45, 7) is 0.655. The van der Waals surface area contributed by atoms with Crippen LogP contribution in [0.15, 0.2) is 53.0 Å². The van der Waals surface area contributed by atoms with Gasteiger partial charge in [0.2, 0.25) is 0 Å². The molecule has 1 amide bonds. The second-order valence-electron chi connectivity index (χ2n) is 5.82. The van der Waals surface area contributed by atoms with Crippen LogP contribution in [0.2, 0.25) is 0 Å². The zero-order chi connectivity index (χ0) is 16.9. The Kier molecular flexibility index (Phi) is 5.41. The average Bonchev–Trinajstić information content (AvgIpc) is 3.44. The number of halogens is 1. The zero-order valence-corrected chi connectivity index (χ0v) is 15.2. The topological polar surface area (TPSA) is 38.8 Å². The van der Waals surface area contributed by atoms with E-state index in [9.17, 15) is 4.79 Å². The van der Waals surface area contributed by atoms with Crippen LogP contribution >= 0.6 is 15.9 Å². The Balaban J connectivity index is 1.62. The number of amides is 1. The van der Waals surface area contributed by atoms with E-state index in [1.54, 1.807) is 7.11 Å². The normalized spacial score (nSPS) is 13.4. The van der Waals surface area contributed by atoms with Crippen LogP contribution in [0.5, 0.6) is 11.5 Å². The first-order valence-electron chi connectivity index (χ1n) is 7.97. The molecule has 0 unspecified atom stereocenters. The van der Waals surface area contributed by atoms with Crippen molar-refractivity contribution in [3.8, 4) is 11.5 Å². The standard InChI is InChI=1S/C19H20BrNO3/c1-23-16-10-6-14(7-11-16)12-21(15-8-9-15)19(22)13-24-18-5-3-2-4-17(18)20/h2-7,10-11,15H,8-9,12-13H2,1H3. The molecule has 0 atom stereocenters. The summed E-state index contributed by atoms with van der Waals surface area (Å²) >= 11 is 3.43. The van der Waals surface area contributed by atoms with Gasteiger partial charge in [-0.3, -0.25) is 4.79 Å². The lowest BCUT2D eigenvalue weighted by Gasteiger charge is -2.23. The minimum absolute atomic E-state index is 0.0177. The van der Waals surface area contributed by atoms with Crippen molar-refractivity contribution in [2.75, 3.05) is 13.7 Å². The summed E-state index contributed by atoms with van der Waals surface area (Å²) in [4.78, 5) is 14.5. The molecule has 0 bridgehead atoms. The van der Waals surface area contributed by atoms with Crippen LogP contribution in [-0.2, 0) is 11.3 Å². The van der Waals surface area contributed by atoms with Crippen LogP contribution in [0.25, 0.3) is 0 Å². The van der Waals surface area contributed by atoms with E-state index in [2.05, 4.69) is 15.9 Å². The number of benzene rings is 2. The monoisotopic (exact) mass is 389 g/mol. The van der Waals surface area contributed by atoms with Crippen molar-refractivity contribution in [3.63, 3.8) is 0 Å². The maximum atomic E-state index is 12.6. The summed E-state index contributed by atoms with van der Waals surface area (Å²) in [5.74, 6) is 1.52.